The summed E-state index contributed by atoms with van der Waals surface area (Å²) in [6.07, 6.45) is -0.305. The fraction of sp³-hybridized carbons (Fsp3) is 0.385. The van der Waals surface area contributed by atoms with E-state index < -0.39 is 12.3 Å². The minimum absolute atomic E-state index is 0.535. The lowest BCUT2D eigenvalue weighted by Crippen LogP contribution is -2.47. The van der Waals surface area contributed by atoms with Crippen LogP contribution in [0, 0.1) is 6.92 Å². The molecule has 0 radical (unpaired) electrons. The van der Waals surface area contributed by atoms with E-state index in [4.69, 9.17) is 4.74 Å². The number of piperazine rings is 1. The van der Waals surface area contributed by atoms with Gasteiger partial charge in [0.15, 0.2) is 12.5 Å². The number of nitrogens with zero attached hydrogens (tertiary/aromatic N) is 4. The molecule has 7 nitrogen and oxygen atoms in total. The van der Waals surface area contributed by atoms with Crippen LogP contribution in [0.3, 0.4) is 0 Å². The predicted molar refractivity (Wildman–Crippen MR) is 130 cm³/mol. The number of aldehydes is 1. The maximum absolute atomic E-state index is 11.3. The molecule has 3 heterocycles. The highest BCUT2D eigenvalue weighted by molar-refractivity contribution is 5.92. The summed E-state index contributed by atoms with van der Waals surface area (Å²) in [5.74, 6) is 0. The number of aryl methyl sites for hydroxylation is 1. The van der Waals surface area contributed by atoms with Gasteiger partial charge in [-0.1, -0.05) is 18.2 Å². The first-order chi connectivity index (χ1) is 16.1. The number of rotatable bonds is 6. The topological polar surface area (TPSA) is 69.1 Å². The van der Waals surface area contributed by atoms with E-state index in [1.165, 1.54) is 11.1 Å². The summed E-state index contributed by atoms with van der Waals surface area (Å²) in [7, 11) is 0. The fourth-order valence-corrected chi connectivity index (χ4v) is 4.83. The standard InChI is InChI=1S/C26H30N4O3/c1-19-8-9-22-23(27-19)6-3-7-24(22)29-12-10-28(11-13-29)17-25(32)20-4-2-5-21(16-20)30-14-15-33-26(30)18-31/h2-9,16,18,25-26,32H,10-15,17H2,1H3. The Morgan fingerprint density at radius 1 is 1.09 bits per heavy atom. The molecule has 1 aromatic heterocycles. The average molecular weight is 447 g/mol. The number of benzene rings is 2. The molecule has 2 aromatic carbocycles. The van der Waals surface area contributed by atoms with Gasteiger partial charge < -0.3 is 19.6 Å². The maximum atomic E-state index is 11.3. The van der Waals surface area contributed by atoms with Gasteiger partial charge in [0.05, 0.1) is 18.2 Å². The van der Waals surface area contributed by atoms with Crippen molar-refractivity contribution in [3.63, 3.8) is 0 Å². The van der Waals surface area contributed by atoms with Crippen LogP contribution in [0.2, 0.25) is 0 Å². The van der Waals surface area contributed by atoms with Crippen LogP contribution in [0.4, 0.5) is 11.4 Å². The molecule has 5 rings (SSSR count). The van der Waals surface area contributed by atoms with Crippen LogP contribution in [-0.4, -0.2) is 73.4 Å². The van der Waals surface area contributed by atoms with Crippen molar-refractivity contribution in [3.05, 3.63) is 65.9 Å². The van der Waals surface area contributed by atoms with Crippen LogP contribution >= 0.6 is 0 Å². The number of fused-ring (bicyclic) bond motifs is 1. The van der Waals surface area contributed by atoms with E-state index in [9.17, 15) is 9.90 Å². The number of anilines is 2. The molecule has 0 aliphatic carbocycles. The third-order valence-corrected chi connectivity index (χ3v) is 6.62. The first-order valence-corrected chi connectivity index (χ1v) is 11.6. The second-order valence-corrected chi connectivity index (χ2v) is 8.79. The Balaban J connectivity index is 1.22. The van der Waals surface area contributed by atoms with Crippen molar-refractivity contribution in [2.24, 2.45) is 0 Å². The van der Waals surface area contributed by atoms with Gasteiger partial charge in [-0.2, -0.15) is 0 Å². The second-order valence-electron chi connectivity index (χ2n) is 8.79. The smallest absolute Gasteiger partial charge is 0.186 e. The monoisotopic (exact) mass is 446 g/mol. The zero-order chi connectivity index (χ0) is 22.8. The number of ether oxygens (including phenoxy) is 1. The van der Waals surface area contributed by atoms with Gasteiger partial charge in [0.25, 0.3) is 0 Å². The Labute approximate surface area is 194 Å². The van der Waals surface area contributed by atoms with Crippen LogP contribution in [0.5, 0.6) is 0 Å². The van der Waals surface area contributed by atoms with E-state index in [0.717, 1.165) is 54.9 Å². The van der Waals surface area contributed by atoms with Crippen molar-refractivity contribution >= 4 is 28.6 Å². The number of aromatic nitrogens is 1. The lowest BCUT2D eigenvalue weighted by molar-refractivity contribution is -0.115. The van der Waals surface area contributed by atoms with Crippen LogP contribution < -0.4 is 9.80 Å². The molecule has 7 heteroatoms. The highest BCUT2D eigenvalue weighted by Gasteiger charge is 2.26. The number of carbonyl (C=O) groups is 1. The quantitative estimate of drug-likeness (QED) is 0.584. The van der Waals surface area contributed by atoms with Gasteiger partial charge in [0.1, 0.15) is 0 Å². The third-order valence-electron chi connectivity index (χ3n) is 6.62. The molecule has 2 aliphatic rings. The van der Waals surface area contributed by atoms with Crippen molar-refractivity contribution in [1.82, 2.24) is 9.88 Å². The molecule has 0 amide bonds. The minimum Gasteiger partial charge on any atom is -0.387 e. The summed E-state index contributed by atoms with van der Waals surface area (Å²) in [5, 5.41) is 12.1. The van der Waals surface area contributed by atoms with Gasteiger partial charge >= 0.3 is 0 Å². The number of β-amino-alcohol motifs (C(OH)–C–C–N with tert-alkyl or cyclic N) is 1. The van der Waals surface area contributed by atoms with E-state index in [-0.39, 0.29) is 0 Å². The average Bonchev–Trinajstić information content (AvgIpc) is 3.33. The number of aliphatic hydroxyl groups is 1. The van der Waals surface area contributed by atoms with Crippen molar-refractivity contribution < 1.29 is 14.6 Å². The number of pyridine rings is 1. The number of hydrogen-bond donors (Lipinski definition) is 1. The normalized spacial score (nSPS) is 20.4. The number of carbonyl (C=O) groups excluding carboxylic acids is 1. The Hall–Kier alpha value is -3.00. The van der Waals surface area contributed by atoms with Gasteiger partial charge in [-0.3, -0.25) is 14.7 Å². The molecule has 0 bridgehead atoms. The molecule has 3 aromatic rings. The van der Waals surface area contributed by atoms with Crippen LogP contribution in [0.25, 0.3) is 10.9 Å². The molecule has 2 aliphatic heterocycles. The van der Waals surface area contributed by atoms with Crippen molar-refractivity contribution in [3.8, 4) is 0 Å². The largest absolute Gasteiger partial charge is 0.387 e. The van der Waals surface area contributed by atoms with Crippen LogP contribution in [0.1, 0.15) is 17.4 Å². The lowest BCUT2D eigenvalue weighted by atomic mass is 10.1. The summed E-state index contributed by atoms with van der Waals surface area (Å²) in [5.41, 5.74) is 5.06. The Bertz CT molecular complexity index is 1130. The van der Waals surface area contributed by atoms with Gasteiger partial charge in [-0.15, -0.1) is 0 Å². The van der Waals surface area contributed by atoms with E-state index in [1.54, 1.807) is 0 Å². The predicted octanol–water partition coefficient (Wildman–Crippen LogP) is 2.76. The Morgan fingerprint density at radius 3 is 2.73 bits per heavy atom. The zero-order valence-electron chi connectivity index (χ0n) is 18.9. The van der Waals surface area contributed by atoms with Gasteiger partial charge in [0, 0.05) is 61.7 Å². The molecule has 2 unspecified atom stereocenters. The molecule has 1 N–H and O–H groups in total. The highest BCUT2D eigenvalue weighted by Crippen LogP contribution is 2.28. The fourth-order valence-electron chi connectivity index (χ4n) is 4.83. The Kier molecular flexibility index (Phi) is 6.26. The zero-order valence-corrected chi connectivity index (χ0v) is 18.9. The SMILES string of the molecule is Cc1ccc2c(N3CCN(CC(O)c4cccc(N5CCOC5C=O)c4)CC3)cccc2n1. The van der Waals surface area contributed by atoms with Gasteiger partial charge in [-0.25, -0.2) is 0 Å². The lowest BCUT2D eigenvalue weighted by Gasteiger charge is -2.37. The molecule has 172 valence electrons. The molecule has 2 saturated heterocycles. The summed E-state index contributed by atoms with van der Waals surface area (Å²) < 4.78 is 5.45. The first-order valence-electron chi connectivity index (χ1n) is 11.6. The molecule has 0 spiro atoms. The number of aliphatic hydroxyl groups excluding tert-OH is 1. The van der Waals surface area contributed by atoms with E-state index in [0.29, 0.717) is 19.7 Å². The molecule has 2 fully saturated rings. The van der Waals surface area contributed by atoms with Crippen molar-refractivity contribution in [2.45, 2.75) is 19.3 Å². The maximum Gasteiger partial charge on any atom is 0.186 e. The molecular formula is C26H30N4O3. The molecule has 33 heavy (non-hydrogen) atoms. The summed E-state index contributed by atoms with van der Waals surface area (Å²) in [6.45, 7) is 7.41. The molecular weight excluding hydrogens is 416 g/mol. The van der Waals surface area contributed by atoms with Crippen molar-refractivity contribution in [2.75, 3.05) is 55.7 Å². The van der Waals surface area contributed by atoms with Crippen LogP contribution in [-0.2, 0) is 9.53 Å². The van der Waals surface area contributed by atoms with E-state index in [1.807, 2.05) is 36.1 Å². The minimum atomic E-state index is -0.584. The van der Waals surface area contributed by atoms with Gasteiger partial charge in [-0.05, 0) is 48.9 Å². The Morgan fingerprint density at radius 2 is 1.91 bits per heavy atom. The second kappa shape index (κ2) is 9.47. The first kappa shape index (κ1) is 21.8. The molecule has 0 saturated carbocycles. The molecule has 2 atom stereocenters. The third kappa shape index (κ3) is 4.57. The van der Waals surface area contributed by atoms with Crippen molar-refractivity contribution in [1.29, 1.82) is 0 Å². The van der Waals surface area contributed by atoms with Gasteiger partial charge in [0.2, 0.25) is 0 Å². The summed E-state index contributed by atoms with van der Waals surface area (Å²) in [4.78, 5) is 22.6. The summed E-state index contributed by atoms with van der Waals surface area (Å²) >= 11 is 0. The number of hydrogen-bond acceptors (Lipinski definition) is 7. The van der Waals surface area contributed by atoms with Crippen LogP contribution in [0.15, 0.2) is 54.6 Å². The summed E-state index contributed by atoms with van der Waals surface area (Å²) in [6, 6.07) is 18.4. The van der Waals surface area contributed by atoms with E-state index >= 15 is 0 Å². The van der Waals surface area contributed by atoms with E-state index in [2.05, 4.69) is 45.1 Å². The highest BCUT2D eigenvalue weighted by atomic mass is 16.5.